The highest BCUT2D eigenvalue weighted by Gasteiger charge is 2.44. The zero-order valence-corrected chi connectivity index (χ0v) is 69.3. The van der Waals surface area contributed by atoms with Crippen LogP contribution in [0.25, 0.3) is 0 Å². The Morgan fingerprint density at radius 1 is 0.705 bits per heavy atom. The van der Waals surface area contributed by atoms with E-state index in [4.69, 9.17) is 24.8 Å². The number of thioether (sulfide) groups is 1. The van der Waals surface area contributed by atoms with Crippen molar-refractivity contribution in [2.45, 2.75) is 213 Å². The summed E-state index contributed by atoms with van der Waals surface area (Å²) in [5.74, 6) is -0.245. The molecule has 4 aromatic rings. The van der Waals surface area contributed by atoms with Gasteiger partial charge in [0.1, 0.15) is 31.3 Å². The summed E-state index contributed by atoms with van der Waals surface area (Å²) in [5, 5.41) is 21.9. The number of nitrogens with two attached hydrogens (primary N) is 1. The second-order valence-electron chi connectivity index (χ2n) is 30.6. The van der Waals surface area contributed by atoms with Gasteiger partial charge >= 0.3 is 6.03 Å². The van der Waals surface area contributed by atoms with Crippen molar-refractivity contribution >= 4 is 82.1 Å². The quantitative estimate of drug-likeness (QED) is 0.0137. The van der Waals surface area contributed by atoms with Gasteiger partial charge in [0.15, 0.2) is 17.3 Å². The van der Waals surface area contributed by atoms with Gasteiger partial charge in [0, 0.05) is 119 Å². The summed E-state index contributed by atoms with van der Waals surface area (Å²) in [4.78, 5) is 163. The molecule has 2 heterocycles. The molecule has 7 N–H and O–H groups in total. The number of amides is 8. The van der Waals surface area contributed by atoms with Crippen LogP contribution in [0.1, 0.15) is 175 Å². The van der Waals surface area contributed by atoms with Gasteiger partial charge in [-0.15, -0.1) is 16.9 Å². The van der Waals surface area contributed by atoms with E-state index in [2.05, 4.69) is 48.7 Å². The van der Waals surface area contributed by atoms with Crippen LogP contribution in [0.3, 0.4) is 0 Å². The summed E-state index contributed by atoms with van der Waals surface area (Å²) in [6, 6.07) is 21.1. The molecule has 3 aromatic carbocycles. The minimum absolute atomic E-state index is 0.00823. The SMILES string of the molecule is CC[C@H](C)[C@@H]([C@@H](CC(=O)N1CCC[C@H]1[C@H](OC)[C@@H](C)C(=O)C[C@@H](Cc1ccccc1)C(=O)NCc1ccc(NC(=O)[C@H](CCCNC(N)=O)CC(=O)[C@@H](NC(=O)COCC(=O)CCCOn2cc(CNC(=O)CCCC#Cc3ccc(SC)cc3)nn2)C(C)C)cc1)OC)N(C)C(=O)[C@@H](CC(=O)[C@H](C(C)C)N(C)C)C(C)C. The maximum Gasteiger partial charge on any atom is 0.312 e. The van der Waals surface area contributed by atoms with Gasteiger partial charge in [-0.25, -0.2) is 4.79 Å². The third-order valence-electron chi connectivity index (χ3n) is 20.8. The van der Waals surface area contributed by atoms with Crippen LogP contribution in [0.5, 0.6) is 0 Å². The number of carbonyl (C=O) groups excluding carboxylic acids is 11. The highest BCUT2D eigenvalue weighted by molar-refractivity contribution is 7.98. The first kappa shape index (κ1) is 93.7. The van der Waals surface area contributed by atoms with E-state index >= 15 is 0 Å². The number of Topliss-reactive ketones (excluding diaryl/α,β-unsaturated/α-hetero) is 4. The monoisotopic (exact) mass is 1570 g/mol. The highest BCUT2D eigenvalue weighted by atomic mass is 32.2. The van der Waals surface area contributed by atoms with Crippen LogP contribution in [0.4, 0.5) is 10.5 Å². The third kappa shape index (κ3) is 31.2. The van der Waals surface area contributed by atoms with E-state index < -0.39 is 90.2 Å². The molecule has 1 aliphatic heterocycles. The number of carbonyl (C=O) groups is 11. The Morgan fingerprint density at radius 3 is 2.03 bits per heavy atom. The molecule has 27 nitrogen and oxygen atoms in total. The van der Waals surface area contributed by atoms with Crippen molar-refractivity contribution in [1.82, 2.24) is 51.1 Å². The van der Waals surface area contributed by atoms with E-state index in [1.165, 1.54) is 18.2 Å². The van der Waals surface area contributed by atoms with Crippen LogP contribution in [-0.2, 0) is 81.7 Å². The molecule has 5 rings (SSSR count). The number of hydrogen-bond acceptors (Lipinski definition) is 19. The fourth-order valence-electron chi connectivity index (χ4n) is 14.4. The molecule has 0 spiro atoms. The molecular formula is C84H124N12O15S. The molecule has 1 saturated heterocycles. The minimum Gasteiger partial charge on any atom is -0.395 e. The number of primary amides is 1. The molecule has 0 radical (unpaired) electrons. The summed E-state index contributed by atoms with van der Waals surface area (Å²) in [7, 11) is 8.58. The zero-order chi connectivity index (χ0) is 82.6. The number of likely N-dealkylation sites (N-methyl/N-ethyl adjacent to an activating group) is 2. The van der Waals surface area contributed by atoms with Crippen molar-refractivity contribution in [3.8, 4) is 11.8 Å². The number of methoxy groups -OCH3 is 2. The summed E-state index contributed by atoms with van der Waals surface area (Å²) < 4.78 is 17.7. The summed E-state index contributed by atoms with van der Waals surface area (Å²) in [6.07, 6.45) is 6.35. The van der Waals surface area contributed by atoms with Gasteiger partial charge in [-0.2, -0.15) is 0 Å². The second kappa shape index (κ2) is 48.9. The van der Waals surface area contributed by atoms with Gasteiger partial charge < -0.3 is 61.2 Å². The Balaban J connectivity index is 1.12. The topological polar surface area (TPSA) is 351 Å². The molecule has 0 unspecified atom stereocenters. The number of ether oxygens (including phenoxy) is 3. The maximum atomic E-state index is 14.7. The number of unbranched alkanes of at least 4 members (excludes halogenated alkanes) is 1. The number of anilines is 1. The van der Waals surface area contributed by atoms with Crippen molar-refractivity contribution < 1.29 is 71.8 Å². The number of likely N-dealkylation sites (tertiary alicyclic amines) is 1. The zero-order valence-electron chi connectivity index (χ0n) is 68.5. The van der Waals surface area contributed by atoms with Crippen LogP contribution < -0.4 is 37.2 Å². The molecule has 11 atom stereocenters. The number of nitrogens with zero attached hydrogens (tertiary/aromatic N) is 6. The van der Waals surface area contributed by atoms with Gasteiger partial charge in [-0.1, -0.05) is 128 Å². The summed E-state index contributed by atoms with van der Waals surface area (Å²) >= 11 is 1.67. The van der Waals surface area contributed by atoms with E-state index in [0.717, 1.165) is 16.0 Å². The lowest BCUT2D eigenvalue weighted by Gasteiger charge is -2.41. The molecule has 616 valence electrons. The number of ketones is 4. The van der Waals surface area contributed by atoms with Crippen LogP contribution in [0.15, 0.2) is 90.0 Å². The Kier molecular flexibility index (Phi) is 40.9. The molecule has 8 amide bonds. The lowest BCUT2D eigenvalue weighted by atomic mass is 9.83. The lowest BCUT2D eigenvalue weighted by Crippen LogP contribution is -2.54. The number of benzene rings is 3. The Bertz CT molecular complexity index is 3720. The number of urea groups is 1. The van der Waals surface area contributed by atoms with Gasteiger partial charge in [-0.3, -0.25) is 52.8 Å². The highest BCUT2D eigenvalue weighted by Crippen LogP contribution is 2.33. The molecule has 0 bridgehead atoms. The number of rotatable bonds is 51. The van der Waals surface area contributed by atoms with E-state index in [9.17, 15) is 52.7 Å². The van der Waals surface area contributed by atoms with Crippen LogP contribution in [0.2, 0.25) is 0 Å². The first-order chi connectivity index (χ1) is 53.4. The number of hydrogen-bond donors (Lipinski definition) is 6. The largest absolute Gasteiger partial charge is 0.395 e. The average Bonchev–Trinajstić information content (AvgIpc) is 1.36. The summed E-state index contributed by atoms with van der Waals surface area (Å²) in [6.45, 7) is 17.3. The van der Waals surface area contributed by atoms with E-state index in [-0.39, 0.29) is 143 Å². The predicted octanol–water partition coefficient (Wildman–Crippen LogP) is 8.61. The van der Waals surface area contributed by atoms with Crippen molar-refractivity contribution in [1.29, 1.82) is 0 Å². The average molecular weight is 1570 g/mol. The fourth-order valence-corrected chi connectivity index (χ4v) is 14.8. The van der Waals surface area contributed by atoms with Crippen molar-refractivity contribution in [2.24, 2.45) is 53.1 Å². The van der Waals surface area contributed by atoms with Crippen LogP contribution >= 0.6 is 11.8 Å². The Labute approximate surface area is 666 Å². The first-order valence-corrected chi connectivity index (χ1v) is 40.6. The second-order valence-corrected chi connectivity index (χ2v) is 31.4. The standard InChI is InChI=1S/C84H124N12O15S/c1-16-57(8)79(94(12)83(106)68(54(2)3)47-72(100)78(56(6)7)93(10)11)73(108-13)48-76(103)95-42-24-31-69(95)80(109-14)58(9)70(98)46-63(44-60-27-20-17-21-28-60)81(104)88-49-61-33-37-64(38-34-61)89-82(105)62(29-23-41-86-84(85)107)45-71(99)77(55(4)5)90-75(102)53-110-52-66(97)30-25-43-111-96-51-65(91-92-96)50-87-74(101)32-22-18-19-26-59-35-39-67(112-15)40-36-59/h17,20-21,27-28,33-40,51,54-58,62-63,68-69,73,77-80H,16,18,22-25,29-32,41-50,52-53H2,1-15H3,(H,87,101)(H,88,104)(H,89,105)(H,90,102)(H3,85,86,107)/t57-,58-,62+,63+,68-,69-,73+,77-,78-,79-,80+/m0/s1. The molecule has 28 heteroatoms. The number of aromatic nitrogens is 3. The van der Waals surface area contributed by atoms with Crippen molar-refractivity contribution in [3.63, 3.8) is 0 Å². The Hall–Kier alpha value is -8.88. The lowest BCUT2D eigenvalue weighted by molar-refractivity contribution is -0.149. The van der Waals surface area contributed by atoms with Crippen molar-refractivity contribution in [3.05, 3.63) is 107 Å². The smallest absolute Gasteiger partial charge is 0.312 e. The molecular weight excluding hydrogens is 1450 g/mol. The molecule has 0 saturated carbocycles. The summed E-state index contributed by atoms with van der Waals surface area (Å²) in [5.41, 5.74) is 8.65. The fraction of sp³-hybridized carbons (Fsp3) is 0.607. The Morgan fingerprint density at radius 2 is 1.40 bits per heavy atom. The molecule has 1 fully saturated rings. The predicted molar refractivity (Wildman–Crippen MR) is 431 cm³/mol. The number of nitrogens with one attached hydrogen (secondary N) is 5. The first-order valence-electron chi connectivity index (χ1n) is 39.3. The molecule has 0 aliphatic carbocycles. The van der Waals surface area contributed by atoms with Gasteiger partial charge in [-0.05, 0) is 142 Å². The van der Waals surface area contributed by atoms with Gasteiger partial charge in [0.05, 0.1) is 55.5 Å². The van der Waals surface area contributed by atoms with E-state index in [1.807, 2.05) is 121 Å². The molecule has 1 aromatic heterocycles. The van der Waals surface area contributed by atoms with Crippen molar-refractivity contribution in [2.75, 3.05) is 79.8 Å². The molecule has 112 heavy (non-hydrogen) atoms. The minimum atomic E-state index is -1.02. The van der Waals surface area contributed by atoms with Gasteiger partial charge in [0.25, 0.3) is 0 Å². The third-order valence-corrected chi connectivity index (χ3v) is 21.5. The van der Waals surface area contributed by atoms with Crippen LogP contribution in [-0.4, -0.2) is 205 Å². The van der Waals surface area contributed by atoms with E-state index in [0.29, 0.717) is 74.9 Å². The van der Waals surface area contributed by atoms with Crippen LogP contribution in [0, 0.1) is 59.2 Å². The van der Waals surface area contributed by atoms with Gasteiger partial charge in [0.2, 0.25) is 35.4 Å². The maximum absolute atomic E-state index is 14.7. The molecule has 1 aliphatic rings. The normalized spacial score (nSPS) is 15.5. The van der Waals surface area contributed by atoms with E-state index in [1.54, 1.807) is 80.8 Å².